The van der Waals surface area contributed by atoms with E-state index in [2.05, 4.69) is 68.0 Å². The van der Waals surface area contributed by atoms with Gasteiger partial charge in [-0.15, -0.1) is 0 Å². The zero-order chi connectivity index (χ0) is 17.1. The van der Waals surface area contributed by atoms with Crippen LogP contribution in [0.1, 0.15) is 19.8 Å². The molecule has 2 aliphatic rings. The molecule has 0 atom stereocenters. The van der Waals surface area contributed by atoms with E-state index < -0.39 is 0 Å². The molecule has 0 aliphatic carbocycles. The summed E-state index contributed by atoms with van der Waals surface area (Å²) >= 11 is 0. The van der Waals surface area contributed by atoms with Crippen LogP contribution in [0.4, 0.5) is 17.3 Å². The van der Waals surface area contributed by atoms with E-state index in [1.807, 2.05) is 0 Å². The van der Waals surface area contributed by atoms with Crippen LogP contribution in [0.15, 0.2) is 42.7 Å². The largest absolute Gasteiger partial charge is 0.368 e. The Morgan fingerprint density at radius 1 is 0.760 bits per heavy atom. The summed E-state index contributed by atoms with van der Waals surface area (Å²) in [5.74, 6) is 2.99. The fraction of sp³-hybridized carbons (Fsp3) is 0.500. The van der Waals surface area contributed by atoms with Crippen molar-refractivity contribution in [2.45, 2.75) is 19.8 Å². The van der Waals surface area contributed by atoms with E-state index in [0.717, 1.165) is 56.8 Å². The molecule has 0 radical (unpaired) electrons. The SMILES string of the molecule is CC1CCN(c2cc(N3CCN(c4ccccc4)CC3)ncn2)CC1. The third-order valence-electron chi connectivity index (χ3n) is 5.47. The van der Waals surface area contributed by atoms with E-state index in [1.165, 1.54) is 18.5 Å². The summed E-state index contributed by atoms with van der Waals surface area (Å²) in [5, 5.41) is 0. The van der Waals surface area contributed by atoms with Crippen molar-refractivity contribution in [3.05, 3.63) is 42.7 Å². The average molecular weight is 337 g/mol. The second-order valence-electron chi connectivity index (χ2n) is 7.21. The van der Waals surface area contributed by atoms with E-state index in [-0.39, 0.29) is 0 Å². The highest BCUT2D eigenvalue weighted by atomic mass is 15.3. The molecule has 5 heteroatoms. The molecule has 0 N–H and O–H groups in total. The van der Waals surface area contributed by atoms with Crippen LogP contribution in [0.3, 0.4) is 0 Å². The van der Waals surface area contributed by atoms with E-state index in [9.17, 15) is 0 Å². The molecule has 2 aliphatic heterocycles. The molecule has 4 rings (SSSR count). The summed E-state index contributed by atoms with van der Waals surface area (Å²) in [6.07, 6.45) is 4.25. The molecule has 0 saturated carbocycles. The standard InChI is InChI=1S/C20H27N5/c1-17-7-9-24(10-8-17)19-15-20(22-16-21-19)25-13-11-23(12-14-25)18-5-3-2-4-6-18/h2-6,15-17H,7-14H2,1H3. The average Bonchev–Trinajstić information content (AvgIpc) is 2.69. The minimum Gasteiger partial charge on any atom is -0.368 e. The molecular formula is C20H27N5. The van der Waals surface area contributed by atoms with Crippen molar-refractivity contribution < 1.29 is 0 Å². The summed E-state index contributed by atoms with van der Waals surface area (Å²) in [6, 6.07) is 12.8. The number of anilines is 3. The normalized spacial score (nSPS) is 19.3. The number of nitrogens with zero attached hydrogens (tertiary/aromatic N) is 5. The molecule has 2 saturated heterocycles. The Kier molecular flexibility index (Phi) is 4.72. The van der Waals surface area contributed by atoms with E-state index >= 15 is 0 Å². The van der Waals surface area contributed by atoms with Crippen LogP contribution < -0.4 is 14.7 Å². The number of para-hydroxylation sites is 1. The number of hydrogen-bond acceptors (Lipinski definition) is 5. The number of piperidine rings is 1. The maximum Gasteiger partial charge on any atom is 0.134 e. The topological polar surface area (TPSA) is 35.5 Å². The zero-order valence-corrected chi connectivity index (χ0v) is 15.0. The third-order valence-corrected chi connectivity index (χ3v) is 5.47. The molecule has 3 heterocycles. The highest BCUT2D eigenvalue weighted by Gasteiger charge is 2.21. The minimum absolute atomic E-state index is 0.837. The van der Waals surface area contributed by atoms with Gasteiger partial charge >= 0.3 is 0 Å². The molecule has 0 bridgehead atoms. The van der Waals surface area contributed by atoms with Crippen molar-refractivity contribution in [2.75, 3.05) is 54.0 Å². The summed E-state index contributed by atoms with van der Waals surface area (Å²) in [7, 11) is 0. The molecule has 2 fully saturated rings. The van der Waals surface area contributed by atoms with Gasteiger partial charge in [0.15, 0.2) is 0 Å². The van der Waals surface area contributed by atoms with Crippen LogP contribution in [0.2, 0.25) is 0 Å². The van der Waals surface area contributed by atoms with Gasteiger partial charge in [0.05, 0.1) is 0 Å². The molecule has 0 amide bonds. The van der Waals surface area contributed by atoms with Crippen LogP contribution in [0, 0.1) is 5.92 Å². The Balaban J connectivity index is 1.40. The van der Waals surface area contributed by atoms with Gasteiger partial charge < -0.3 is 14.7 Å². The summed E-state index contributed by atoms with van der Waals surface area (Å²) in [6.45, 7) is 8.63. The maximum atomic E-state index is 4.54. The predicted molar refractivity (Wildman–Crippen MR) is 104 cm³/mol. The number of hydrogen-bond donors (Lipinski definition) is 0. The second-order valence-corrected chi connectivity index (χ2v) is 7.21. The van der Waals surface area contributed by atoms with Crippen LogP contribution in [0.5, 0.6) is 0 Å². The van der Waals surface area contributed by atoms with Crippen molar-refractivity contribution in [3.63, 3.8) is 0 Å². The van der Waals surface area contributed by atoms with Crippen LogP contribution in [-0.4, -0.2) is 49.2 Å². The van der Waals surface area contributed by atoms with Gasteiger partial charge in [-0.1, -0.05) is 25.1 Å². The Labute approximate surface area is 150 Å². The van der Waals surface area contributed by atoms with E-state index in [0.29, 0.717) is 0 Å². The molecule has 0 unspecified atom stereocenters. The van der Waals surface area contributed by atoms with E-state index in [1.54, 1.807) is 6.33 Å². The molecule has 2 aromatic rings. The number of aromatic nitrogens is 2. The molecule has 0 spiro atoms. The van der Waals surface area contributed by atoms with Crippen molar-refractivity contribution in [2.24, 2.45) is 5.92 Å². The fourth-order valence-electron chi connectivity index (χ4n) is 3.75. The van der Waals surface area contributed by atoms with Gasteiger partial charge in [-0.3, -0.25) is 0 Å². The minimum atomic E-state index is 0.837. The molecule has 25 heavy (non-hydrogen) atoms. The van der Waals surface area contributed by atoms with Crippen molar-refractivity contribution in [1.29, 1.82) is 0 Å². The smallest absolute Gasteiger partial charge is 0.134 e. The monoisotopic (exact) mass is 337 g/mol. The first-order valence-electron chi connectivity index (χ1n) is 9.41. The molecule has 132 valence electrons. The summed E-state index contributed by atoms with van der Waals surface area (Å²) in [4.78, 5) is 16.3. The van der Waals surface area contributed by atoms with Crippen LogP contribution in [-0.2, 0) is 0 Å². The highest BCUT2D eigenvalue weighted by molar-refractivity contribution is 5.53. The van der Waals surface area contributed by atoms with Crippen molar-refractivity contribution in [1.82, 2.24) is 9.97 Å². The van der Waals surface area contributed by atoms with Gasteiger partial charge in [-0.25, -0.2) is 9.97 Å². The summed E-state index contributed by atoms with van der Waals surface area (Å²) < 4.78 is 0. The lowest BCUT2D eigenvalue weighted by molar-refractivity contribution is 0.436. The van der Waals surface area contributed by atoms with Gasteiger partial charge in [0.2, 0.25) is 0 Å². The molecule has 1 aromatic heterocycles. The Morgan fingerprint density at radius 2 is 1.32 bits per heavy atom. The van der Waals surface area contributed by atoms with Gasteiger partial charge in [0.25, 0.3) is 0 Å². The number of benzene rings is 1. The summed E-state index contributed by atoms with van der Waals surface area (Å²) in [5.41, 5.74) is 1.31. The molecule has 1 aromatic carbocycles. The van der Waals surface area contributed by atoms with Gasteiger partial charge in [-0.05, 0) is 30.9 Å². The van der Waals surface area contributed by atoms with Crippen LogP contribution in [0.25, 0.3) is 0 Å². The number of rotatable bonds is 3. The first-order chi connectivity index (χ1) is 12.3. The number of piperazine rings is 1. The lowest BCUT2D eigenvalue weighted by Crippen LogP contribution is -2.47. The lowest BCUT2D eigenvalue weighted by atomic mass is 9.99. The first kappa shape index (κ1) is 16.2. The Morgan fingerprint density at radius 3 is 1.96 bits per heavy atom. The lowest BCUT2D eigenvalue weighted by Gasteiger charge is -2.37. The van der Waals surface area contributed by atoms with Gasteiger partial charge in [-0.2, -0.15) is 0 Å². The van der Waals surface area contributed by atoms with Crippen molar-refractivity contribution in [3.8, 4) is 0 Å². The van der Waals surface area contributed by atoms with E-state index in [4.69, 9.17) is 0 Å². The molecule has 5 nitrogen and oxygen atoms in total. The third kappa shape index (κ3) is 3.70. The van der Waals surface area contributed by atoms with Gasteiger partial charge in [0, 0.05) is 51.0 Å². The maximum absolute atomic E-state index is 4.54. The van der Waals surface area contributed by atoms with Gasteiger partial charge in [0.1, 0.15) is 18.0 Å². The fourth-order valence-corrected chi connectivity index (χ4v) is 3.75. The predicted octanol–water partition coefficient (Wildman–Crippen LogP) is 3.04. The van der Waals surface area contributed by atoms with Crippen LogP contribution >= 0.6 is 0 Å². The highest BCUT2D eigenvalue weighted by Crippen LogP contribution is 2.24. The van der Waals surface area contributed by atoms with Crippen molar-refractivity contribution >= 4 is 17.3 Å². The zero-order valence-electron chi connectivity index (χ0n) is 15.0. The first-order valence-corrected chi connectivity index (χ1v) is 9.41. The molecular weight excluding hydrogens is 310 g/mol. The second kappa shape index (κ2) is 7.30. The quantitative estimate of drug-likeness (QED) is 0.860. The Hall–Kier alpha value is -2.30. The Bertz CT molecular complexity index is 673.